The van der Waals surface area contributed by atoms with E-state index in [0.29, 0.717) is 12.1 Å². The lowest BCUT2D eigenvalue weighted by Gasteiger charge is -2.09. The van der Waals surface area contributed by atoms with E-state index in [1.165, 1.54) is 0 Å². The van der Waals surface area contributed by atoms with Crippen LogP contribution in [0.2, 0.25) is 0 Å². The lowest BCUT2D eigenvalue weighted by molar-refractivity contribution is -0.428. The van der Waals surface area contributed by atoms with Crippen molar-refractivity contribution in [2.75, 3.05) is 0 Å². The summed E-state index contributed by atoms with van der Waals surface area (Å²) in [5.41, 5.74) is 4.86. The SMILES string of the molecule is NNC(Cc1ccccc1)=C(Cc1ccccc1)[N+](=O)[O-]. The Hall–Kier alpha value is -2.66. The van der Waals surface area contributed by atoms with Crippen molar-refractivity contribution in [2.45, 2.75) is 12.8 Å². The molecule has 0 unspecified atom stereocenters. The molecule has 2 rings (SSSR count). The fourth-order valence-corrected chi connectivity index (χ4v) is 2.11. The maximum Gasteiger partial charge on any atom is 0.270 e. The Balaban J connectivity index is 2.29. The van der Waals surface area contributed by atoms with Crippen molar-refractivity contribution in [3.05, 3.63) is 93.3 Å². The van der Waals surface area contributed by atoms with E-state index in [9.17, 15) is 10.1 Å². The highest BCUT2D eigenvalue weighted by atomic mass is 16.6. The first-order valence-electron chi connectivity index (χ1n) is 6.61. The van der Waals surface area contributed by atoms with Crippen LogP contribution in [0.15, 0.2) is 72.1 Å². The third-order valence-electron chi connectivity index (χ3n) is 3.18. The van der Waals surface area contributed by atoms with E-state index in [0.717, 1.165) is 11.1 Å². The monoisotopic (exact) mass is 283 g/mol. The van der Waals surface area contributed by atoms with Crippen LogP contribution in [0.3, 0.4) is 0 Å². The van der Waals surface area contributed by atoms with Crippen LogP contribution in [0.1, 0.15) is 11.1 Å². The number of nitro groups is 1. The van der Waals surface area contributed by atoms with Crippen LogP contribution in [-0.2, 0) is 12.8 Å². The van der Waals surface area contributed by atoms with E-state index >= 15 is 0 Å². The van der Waals surface area contributed by atoms with Gasteiger partial charge < -0.3 is 5.43 Å². The summed E-state index contributed by atoms with van der Waals surface area (Å²) in [7, 11) is 0. The molecular formula is C16H17N3O2. The molecule has 21 heavy (non-hydrogen) atoms. The molecule has 108 valence electrons. The minimum atomic E-state index is -0.370. The van der Waals surface area contributed by atoms with Crippen molar-refractivity contribution < 1.29 is 4.92 Å². The Morgan fingerprint density at radius 3 is 1.86 bits per heavy atom. The smallest absolute Gasteiger partial charge is 0.270 e. The molecule has 3 N–H and O–H groups in total. The molecule has 0 fully saturated rings. The van der Waals surface area contributed by atoms with Crippen LogP contribution in [-0.4, -0.2) is 4.92 Å². The van der Waals surface area contributed by atoms with Gasteiger partial charge in [-0.1, -0.05) is 60.7 Å². The lowest BCUT2D eigenvalue weighted by atomic mass is 10.0. The number of allylic oxidation sites excluding steroid dienone is 2. The first-order valence-corrected chi connectivity index (χ1v) is 6.61. The van der Waals surface area contributed by atoms with Crippen molar-refractivity contribution in [1.82, 2.24) is 5.43 Å². The van der Waals surface area contributed by atoms with Crippen molar-refractivity contribution in [2.24, 2.45) is 5.84 Å². The minimum Gasteiger partial charge on any atom is -0.322 e. The molecular weight excluding hydrogens is 266 g/mol. The van der Waals surface area contributed by atoms with E-state index in [1.54, 1.807) is 0 Å². The Bertz CT molecular complexity index is 624. The standard InChI is InChI=1S/C16H17N3O2/c17-18-15(11-13-7-3-1-4-8-13)16(19(20)21)12-14-9-5-2-6-10-14/h1-10,18H,11-12,17H2. The molecule has 0 amide bonds. The van der Waals surface area contributed by atoms with Crippen LogP contribution in [0.5, 0.6) is 0 Å². The summed E-state index contributed by atoms with van der Waals surface area (Å²) in [6, 6.07) is 18.8. The van der Waals surface area contributed by atoms with Crippen molar-refractivity contribution >= 4 is 0 Å². The molecule has 2 aromatic rings. The minimum absolute atomic E-state index is 0.0903. The highest BCUT2D eigenvalue weighted by Gasteiger charge is 2.19. The summed E-state index contributed by atoms with van der Waals surface area (Å²) in [6.07, 6.45) is 0.640. The first kappa shape index (κ1) is 14.7. The fraction of sp³-hybridized carbons (Fsp3) is 0.125. The van der Waals surface area contributed by atoms with Gasteiger partial charge in [-0.2, -0.15) is 0 Å². The molecule has 0 aromatic heterocycles. The summed E-state index contributed by atoms with van der Waals surface area (Å²) < 4.78 is 0. The summed E-state index contributed by atoms with van der Waals surface area (Å²) in [5, 5.41) is 11.3. The maximum atomic E-state index is 11.3. The molecule has 0 aliphatic heterocycles. The average Bonchev–Trinajstić information content (AvgIpc) is 2.52. The normalized spacial score (nSPS) is 11.7. The molecule has 0 heterocycles. The number of nitrogens with one attached hydrogen (secondary N) is 1. The largest absolute Gasteiger partial charge is 0.322 e. The van der Waals surface area contributed by atoms with Gasteiger partial charge in [-0.3, -0.25) is 16.0 Å². The second kappa shape index (κ2) is 7.21. The van der Waals surface area contributed by atoms with E-state index in [1.807, 2.05) is 60.7 Å². The summed E-state index contributed by atoms with van der Waals surface area (Å²) >= 11 is 0. The van der Waals surface area contributed by atoms with Gasteiger partial charge in [0.2, 0.25) is 0 Å². The fourth-order valence-electron chi connectivity index (χ4n) is 2.11. The van der Waals surface area contributed by atoms with Crippen LogP contribution in [0, 0.1) is 10.1 Å². The lowest BCUT2D eigenvalue weighted by Crippen LogP contribution is -2.26. The van der Waals surface area contributed by atoms with Crippen molar-refractivity contribution in [1.29, 1.82) is 0 Å². The van der Waals surface area contributed by atoms with Crippen LogP contribution >= 0.6 is 0 Å². The first-order chi connectivity index (χ1) is 10.2. The molecule has 0 aliphatic rings. The van der Waals surface area contributed by atoms with E-state index in [2.05, 4.69) is 5.43 Å². The van der Waals surface area contributed by atoms with Gasteiger partial charge in [0.15, 0.2) is 0 Å². The van der Waals surface area contributed by atoms with Crippen molar-refractivity contribution in [3.8, 4) is 0 Å². The van der Waals surface area contributed by atoms with Crippen LogP contribution in [0.25, 0.3) is 0 Å². The second-order valence-corrected chi connectivity index (χ2v) is 4.65. The number of nitrogens with two attached hydrogens (primary N) is 1. The zero-order chi connectivity index (χ0) is 15.1. The predicted octanol–water partition coefficient (Wildman–Crippen LogP) is 2.42. The molecule has 0 atom stereocenters. The van der Waals surface area contributed by atoms with E-state index in [4.69, 9.17) is 5.84 Å². The van der Waals surface area contributed by atoms with Crippen LogP contribution in [0.4, 0.5) is 0 Å². The molecule has 2 aromatic carbocycles. The molecule has 5 heteroatoms. The average molecular weight is 283 g/mol. The van der Waals surface area contributed by atoms with Crippen molar-refractivity contribution in [3.63, 3.8) is 0 Å². The number of hydrazine groups is 1. The van der Waals surface area contributed by atoms with E-state index < -0.39 is 0 Å². The number of hydrogen-bond acceptors (Lipinski definition) is 4. The molecule has 0 saturated heterocycles. The quantitative estimate of drug-likeness (QED) is 0.484. The third-order valence-corrected chi connectivity index (χ3v) is 3.18. The highest BCUT2D eigenvalue weighted by molar-refractivity contribution is 5.26. The van der Waals surface area contributed by atoms with Gasteiger partial charge >= 0.3 is 0 Å². The van der Waals surface area contributed by atoms with Gasteiger partial charge in [0.1, 0.15) is 5.70 Å². The van der Waals surface area contributed by atoms with Gasteiger partial charge in [0.05, 0.1) is 11.3 Å². The number of rotatable bonds is 6. The number of hydrogen-bond donors (Lipinski definition) is 2. The predicted molar refractivity (Wildman–Crippen MR) is 81.6 cm³/mol. The number of benzene rings is 2. The van der Waals surface area contributed by atoms with Gasteiger partial charge in [0.25, 0.3) is 5.70 Å². The van der Waals surface area contributed by atoms with Crippen LogP contribution < -0.4 is 11.3 Å². The third kappa shape index (κ3) is 4.15. The zero-order valence-corrected chi connectivity index (χ0v) is 11.5. The molecule has 0 spiro atoms. The molecule has 0 saturated carbocycles. The molecule has 0 aliphatic carbocycles. The Morgan fingerprint density at radius 2 is 1.43 bits per heavy atom. The van der Waals surface area contributed by atoms with Gasteiger partial charge in [-0.25, -0.2) is 0 Å². The zero-order valence-electron chi connectivity index (χ0n) is 11.5. The van der Waals surface area contributed by atoms with Gasteiger partial charge in [-0.05, 0) is 11.1 Å². The Morgan fingerprint density at radius 1 is 0.952 bits per heavy atom. The Labute approximate surface area is 123 Å². The topological polar surface area (TPSA) is 81.2 Å². The summed E-state index contributed by atoms with van der Waals surface area (Å²) in [5.74, 6) is 5.50. The molecule has 0 bridgehead atoms. The second-order valence-electron chi connectivity index (χ2n) is 4.65. The maximum absolute atomic E-state index is 11.3. The van der Waals surface area contributed by atoms with Gasteiger partial charge in [-0.15, -0.1) is 0 Å². The Kier molecular flexibility index (Phi) is 5.06. The number of nitrogens with zero attached hydrogens (tertiary/aromatic N) is 1. The van der Waals surface area contributed by atoms with E-state index in [-0.39, 0.29) is 17.0 Å². The molecule has 5 nitrogen and oxygen atoms in total. The molecule has 0 radical (unpaired) electrons. The summed E-state index contributed by atoms with van der Waals surface area (Å²) in [4.78, 5) is 11.0. The van der Waals surface area contributed by atoms with Gasteiger partial charge in [0, 0.05) is 6.42 Å². The highest BCUT2D eigenvalue weighted by Crippen LogP contribution is 2.15. The summed E-state index contributed by atoms with van der Waals surface area (Å²) in [6.45, 7) is 0.